The van der Waals surface area contributed by atoms with Gasteiger partial charge in [0, 0.05) is 23.3 Å². The highest BCUT2D eigenvalue weighted by atomic mass is 32.1. The number of allylic oxidation sites excluding steroid dienone is 1. The largest absolute Gasteiger partial charge is 0.299 e. The predicted molar refractivity (Wildman–Crippen MR) is 75.0 cm³/mol. The van der Waals surface area contributed by atoms with Gasteiger partial charge < -0.3 is 0 Å². The van der Waals surface area contributed by atoms with Crippen LogP contribution in [0.25, 0.3) is 0 Å². The average molecular weight is 269 g/mol. The van der Waals surface area contributed by atoms with Crippen LogP contribution in [0.5, 0.6) is 0 Å². The monoisotopic (exact) mass is 269 g/mol. The van der Waals surface area contributed by atoms with E-state index < -0.39 is 0 Å². The van der Waals surface area contributed by atoms with E-state index in [1.54, 1.807) is 35.0 Å². The fraction of sp³-hybridized carbons (Fsp3) is 0.0714. The molecule has 0 N–H and O–H groups in total. The Morgan fingerprint density at radius 3 is 3.00 bits per heavy atom. The SMILES string of the molecule is O=CC=CN1N=Cc2ccccc2C1c1nccs1. The van der Waals surface area contributed by atoms with Gasteiger partial charge in [-0.3, -0.25) is 9.80 Å². The van der Waals surface area contributed by atoms with Gasteiger partial charge in [-0.2, -0.15) is 5.10 Å². The van der Waals surface area contributed by atoms with Crippen LogP contribution < -0.4 is 0 Å². The van der Waals surface area contributed by atoms with Crippen molar-refractivity contribution in [3.8, 4) is 0 Å². The van der Waals surface area contributed by atoms with Gasteiger partial charge in [0.1, 0.15) is 17.3 Å². The van der Waals surface area contributed by atoms with E-state index in [1.165, 1.54) is 6.08 Å². The number of carbonyl (C=O) groups is 1. The van der Waals surface area contributed by atoms with Gasteiger partial charge in [0.2, 0.25) is 0 Å². The summed E-state index contributed by atoms with van der Waals surface area (Å²) in [4.78, 5) is 14.9. The van der Waals surface area contributed by atoms with Gasteiger partial charge in [-0.25, -0.2) is 4.98 Å². The van der Waals surface area contributed by atoms with Crippen LogP contribution >= 0.6 is 11.3 Å². The second-order valence-corrected chi connectivity index (χ2v) is 4.93. The molecule has 2 aromatic rings. The molecule has 1 aromatic carbocycles. The Morgan fingerprint density at radius 2 is 2.21 bits per heavy atom. The smallest absolute Gasteiger partial charge is 0.144 e. The highest BCUT2D eigenvalue weighted by molar-refractivity contribution is 7.09. The maximum Gasteiger partial charge on any atom is 0.144 e. The first-order valence-electron chi connectivity index (χ1n) is 5.83. The number of thiazole rings is 1. The molecule has 2 heterocycles. The number of rotatable bonds is 3. The molecule has 0 bridgehead atoms. The van der Waals surface area contributed by atoms with Crippen molar-refractivity contribution in [2.24, 2.45) is 5.10 Å². The molecule has 0 saturated carbocycles. The minimum atomic E-state index is -0.0719. The van der Waals surface area contributed by atoms with Crippen LogP contribution in [0.3, 0.4) is 0 Å². The molecule has 19 heavy (non-hydrogen) atoms. The predicted octanol–water partition coefficient (Wildman–Crippen LogP) is 2.59. The van der Waals surface area contributed by atoms with Crippen molar-refractivity contribution in [2.45, 2.75) is 6.04 Å². The van der Waals surface area contributed by atoms with Crippen molar-refractivity contribution in [2.75, 3.05) is 0 Å². The summed E-state index contributed by atoms with van der Waals surface area (Å²) in [6.07, 6.45) is 7.43. The van der Waals surface area contributed by atoms with Crippen molar-refractivity contribution in [3.63, 3.8) is 0 Å². The molecule has 1 unspecified atom stereocenters. The van der Waals surface area contributed by atoms with E-state index in [2.05, 4.69) is 16.2 Å². The lowest BCUT2D eigenvalue weighted by molar-refractivity contribution is -0.104. The number of hydrogen-bond acceptors (Lipinski definition) is 5. The molecule has 4 nitrogen and oxygen atoms in total. The maximum atomic E-state index is 10.5. The van der Waals surface area contributed by atoms with E-state index in [0.717, 1.165) is 22.4 Å². The summed E-state index contributed by atoms with van der Waals surface area (Å²) < 4.78 is 0. The Morgan fingerprint density at radius 1 is 1.32 bits per heavy atom. The molecule has 0 spiro atoms. The van der Waals surface area contributed by atoms with Gasteiger partial charge in [0.05, 0.1) is 6.21 Å². The molecular weight excluding hydrogens is 258 g/mol. The molecule has 94 valence electrons. The van der Waals surface area contributed by atoms with E-state index in [9.17, 15) is 4.79 Å². The number of benzene rings is 1. The van der Waals surface area contributed by atoms with E-state index in [0.29, 0.717) is 0 Å². The number of aldehydes is 1. The lowest BCUT2D eigenvalue weighted by Gasteiger charge is -2.29. The fourth-order valence-corrected chi connectivity index (χ4v) is 2.83. The standard InChI is InChI=1S/C14H11N3OS/c18-8-3-7-17-13(14-15-6-9-19-14)12-5-2-1-4-11(12)10-16-17/h1-10,13H. The van der Waals surface area contributed by atoms with Crippen LogP contribution in [0.4, 0.5) is 0 Å². The van der Waals surface area contributed by atoms with E-state index in [4.69, 9.17) is 0 Å². The van der Waals surface area contributed by atoms with Gasteiger partial charge in [-0.1, -0.05) is 24.3 Å². The fourth-order valence-electron chi connectivity index (χ4n) is 2.08. The molecule has 0 fully saturated rings. The summed E-state index contributed by atoms with van der Waals surface area (Å²) in [6, 6.07) is 8.01. The topological polar surface area (TPSA) is 45.6 Å². The van der Waals surface area contributed by atoms with E-state index in [1.807, 2.05) is 23.6 Å². The van der Waals surface area contributed by atoms with Gasteiger partial charge in [0.25, 0.3) is 0 Å². The Balaban J connectivity index is 2.09. The zero-order valence-electron chi connectivity index (χ0n) is 10.0. The quantitative estimate of drug-likeness (QED) is 0.635. The molecule has 1 aromatic heterocycles. The molecule has 1 atom stereocenters. The van der Waals surface area contributed by atoms with Crippen LogP contribution in [0.15, 0.2) is 53.2 Å². The van der Waals surface area contributed by atoms with Gasteiger partial charge in [-0.15, -0.1) is 11.3 Å². The first-order chi connectivity index (χ1) is 9.40. The minimum Gasteiger partial charge on any atom is -0.299 e. The first kappa shape index (κ1) is 11.8. The first-order valence-corrected chi connectivity index (χ1v) is 6.70. The molecule has 0 amide bonds. The highest BCUT2D eigenvalue weighted by Gasteiger charge is 2.26. The molecule has 1 aliphatic heterocycles. The number of carbonyl (C=O) groups excluding carboxylic acids is 1. The lowest BCUT2D eigenvalue weighted by Crippen LogP contribution is -2.24. The second kappa shape index (κ2) is 5.16. The number of hydrazone groups is 1. The molecule has 3 rings (SSSR count). The molecule has 0 radical (unpaired) electrons. The van der Waals surface area contributed by atoms with Gasteiger partial charge >= 0.3 is 0 Å². The Bertz CT molecular complexity index is 634. The summed E-state index contributed by atoms with van der Waals surface area (Å²) >= 11 is 1.58. The molecule has 0 aliphatic carbocycles. The average Bonchev–Trinajstić information content (AvgIpc) is 2.98. The van der Waals surface area contributed by atoms with Crippen LogP contribution in [-0.4, -0.2) is 22.5 Å². The van der Waals surface area contributed by atoms with Crippen LogP contribution in [0, 0.1) is 0 Å². The lowest BCUT2D eigenvalue weighted by atomic mass is 10.00. The summed E-state index contributed by atoms with van der Waals surface area (Å²) in [5.74, 6) is 0. The maximum absolute atomic E-state index is 10.5. The molecule has 5 heteroatoms. The van der Waals surface area contributed by atoms with Crippen LogP contribution in [0.2, 0.25) is 0 Å². The van der Waals surface area contributed by atoms with Crippen molar-refractivity contribution >= 4 is 23.8 Å². The Kier molecular flexibility index (Phi) is 3.20. The highest BCUT2D eigenvalue weighted by Crippen LogP contribution is 2.34. The molecular formula is C14H11N3OS. The number of nitrogens with zero attached hydrogens (tertiary/aromatic N) is 3. The van der Waals surface area contributed by atoms with Gasteiger partial charge in [-0.05, 0) is 11.6 Å². The van der Waals surface area contributed by atoms with Crippen molar-refractivity contribution in [3.05, 3.63) is 64.3 Å². The Hall–Kier alpha value is -2.27. The van der Waals surface area contributed by atoms with Crippen LogP contribution in [0.1, 0.15) is 22.2 Å². The van der Waals surface area contributed by atoms with Crippen molar-refractivity contribution in [1.82, 2.24) is 9.99 Å². The summed E-state index contributed by atoms with van der Waals surface area (Å²) in [5, 5.41) is 9.04. The molecule has 0 saturated heterocycles. The Labute approximate surface area is 114 Å². The summed E-state index contributed by atoms with van der Waals surface area (Å²) in [7, 11) is 0. The number of hydrogen-bond donors (Lipinski definition) is 0. The third kappa shape index (κ3) is 2.20. The van der Waals surface area contributed by atoms with Crippen molar-refractivity contribution in [1.29, 1.82) is 0 Å². The zero-order chi connectivity index (χ0) is 13.1. The number of fused-ring (bicyclic) bond motifs is 1. The second-order valence-electron chi connectivity index (χ2n) is 4.00. The van der Waals surface area contributed by atoms with E-state index in [-0.39, 0.29) is 6.04 Å². The third-order valence-electron chi connectivity index (χ3n) is 2.89. The summed E-state index contributed by atoms with van der Waals surface area (Å²) in [5.41, 5.74) is 2.22. The minimum absolute atomic E-state index is 0.0719. The normalized spacial score (nSPS) is 17.7. The number of aromatic nitrogens is 1. The zero-order valence-corrected chi connectivity index (χ0v) is 10.8. The molecule has 1 aliphatic rings. The third-order valence-corrected chi connectivity index (χ3v) is 3.72. The van der Waals surface area contributed by atoms with E-state index >= 15 is 0 Å². The van der Waals surface area contributed by atoms with Gasteiger partial charge in [0.15, 0.2) is 0 Å². The van der Waals surface area contributed by atoms with Crippen LogP contribution in [-0.2, 0) is 4.79 Å². The van der Waals surface area contributed by atoms with Crippen molar-refractivity contribution < 1.29 is 4.79 Å². The summed E-state index contributed by atoms with van der Waals surface area (Å²) in [6.45, 7) is 0.